The molecule has 0 aliphatic heterocycles. The van der Waals surface area contributed by atoms with Gasteiger partial charge in [-0.1, -0.05) is 6.07 Å². The topological polar surface area (TPSA) is 86.6 Å². The second kappa shape index (κ2) is 4.99. The lowest BCUT2D eigenvalue weighted by atomic mass is 10.1. The van der Waals surface area contributed by atoms with Crippen molar-refractivity contribution < 1.29 is 23.0 Å². The zero-order chi connectivity index (χ0) is 13.2. The summed E-state index contributed by atoms with van der Waals surface area (Å²) in [6, 6.07) is 2.22. The lowest BCUT2D eigenvalue weighted by Gasteiger charge is -2.13. The Kier molecular flexibility index (Phi) is 4.07. The van der Waals surface area contributed by atoms with Crippen molar-refractivity contribution >= 4 is 9.84 Å². The van der Waals surface area contributed by atoms with Crippen LogP contribution < -0.4 is 5.32 Å². The molecule has 0 amide bonds. The molecule has 1 unspecified atom stereocenters. The molecule has 5 nitrogen and oxygen atoms in total. The van der Waals surface area contributed by atoms with Crippen LogP contribution >= 0.6 is 0 Å². The molecule has 1 rings (SSSR count). The first-order valence-electron chi connectivity index (χ1n) is 4.83. The molecule has 1 atom stereocenters. The van der Waals surface area contributed by atoms with E-state index in [1.54, 1.807) is 7.05 Å². The number of aromatic hydroxyl groups is 1. The molecule has 3 N–H and O–H groups in total. The van der Waals surface area contributed by atoms with Gasteiger partial charge in [-0.05, 0) is 13.1 Å². The molecule has 0 aromatic heterocycles. The minimum atomic E-state index is -3.74. The van der Waals surface area contributed by atoms with E-state index in [1.165, 1.54) is 6.07 Å². The van der Waals surface area contributed by atoms with Crippen molar-refractivity contribution in [3.63, 3.8) is 0 Å². The van der Waals surface area contributed by atoms with Gasteiger partial charge in [0.2, 0.25) is 0 Å². The van der Waals surface area contributed by atoms with E-state index < -0.39 is 32.4 Å². The molecule has 0 heterocycles. The van der Waals surface area contributed by atoms with Gasteiger partial charge in [-0.3, -0.25) is 0 Å². The van der Waals surface area contributed by atoms with Crippen LogP contribution in [0.2, 0.25) is 0 Å². The number of hydrogen-bond acceptors (Lipinski definition) is 5. The number of phenolic OH excluding ortho intramolecular Hbond substituents is 1. The average molecular weight is 263 g/mol. The van der Waals surface area contributed by atoms with Crippen LogP contribution in [-0.2, 0) is 9.84 Å². The normalized spacial score (nSPS) is 13.6. The van der Waals surface area contributed by atoms with Gasteiger partial charge in [0, 0.05) is 18.4 Å². The Balaban J connectivity index is 3.29. The molecule has 0 aliphatic carbocycles. The Labute approximate surface area is 98.8 Å². The third kappa shape index (κ3) is 2.93. The van der Waals surface area contributed by atoms with Crippen molar-refractivity contribution in [3.05, 3.63) is 23.5 Å². The molecule has 0 aliphatic rings. The van der Waals surface area contributed by atoms with Crippen molar-refractivity contribution in [1.82, 2.24) is 5.32 Å². The highest BCUT2D eigenvalue weighted by Gasteiger charge is 2.22. The Bertz CT molecular complexity index is 515. The van der Waals surface area contributed by atoms with Crippen LogP contribution in [-0.4, -0.2) is 38.5 Å². The lowest BCUT2D eigenvalue weighted by molar-refractivity contribution is 0.172. The smallest absolute Gasteiger partial charge is 0.183 e. The third-order valence-electron chi connectivity index (χ3n) is 2.27. The summed E-state index contributed by atoms with van der Waals surface area (Å²) in [5.74, 6) is -2.07. The van der Waals surface area contributed by atoms with Crippen LogP contribution in [0.15, 0.2) is 17.0 Å². The number of hydrogen-bond donors (Lipinski definition) is 3. The summed E-state index contributed by atoms with van der Waals surface area (Å²) >= 11 is 0. The quantitative estimate of drug-likeness (QED) is 0.722. The zero-order valence-corrected chi connectivity index (χ0v) is 10.3. The predicted octanol–water partition coefficient (Wildman–Crippen LogP) is 0.188. The van der Waals surface area contributed by atoms with Crippen LogP contribution in [0, 0.1) is 5.82 Å². The van der Waals surface area contributed by atoms with Crippen molar-refractivity contribution in [2.45, 2.75) is 11.0 Å². The molecule has 0 radical (unpaired) electrons. The van der Waals surface area contributed by atoms with Crippen LogP contribution in [0.3, 0.4) is 0 Å². The van der Waals surface area contributed by atoms with E-state index in [0.29, 0.717) is 0 Å². The van der Waals surface area contributed by atoms with Gasteiger partial charge in [-0.2, -0.15) is 0 Å². The second-order valence-corrected chi connectivity index (χ2v) is 5.65. The molecule has 0 bridgehead atoms. The van der Waals surface area contributed by atoms with E-state index in [-0.39, 0.29) is 12.1 Å². The van der Waals surface area contributed by atoms with Crippen molar-refractivity contribution in [2.24, 2.45) is 0 Å². The summed E-state index contributed by atoms with van der Waals surface area (Å²) in [7, 11) is -2.16. The number of rotatable bonds is 4. The largest absolute Gasteiger partial charge is 0.505 e. The first kappa shape index (κ1) is 13.9. The maximum Gasteiger partial charge on any atom is 0.183 e. The Morgan fingerprint density at radius 1 is 1.47 bits per heavy atom. The minimum absolute atomic E-state index is 0.0516. The third-order valence-corrected chi connectivity index (χ3v) is 3.38. The first-order chi connectivity index (χ1) is 7.79. The fourth-order valence-corrected chi connectivity index (χ4v) is 2.16. The number of phenols is 1. The van der Waals surface area contributed by atoms with E-state index in [0.717, 1.165) is 12.3 Å². The molecule has 0 spiro atoms. The average Bonchev–Trinajstić information content (AvgIpc) is 2.20. The fraction of sp³-hybridized carbons (Fsp3) is 0.400. The van der Waals surface area contributed by atoms with Crippen molar-refractivity contribution in [2.75, 3.05) is 19.8 Å². The fourth-order valence-electron chi connectivity index (χ4n) is 1.42. The monoisotopic (exact) mass is 263 g/mol. The molecule has 1 aromatic carbocycles. The molecule has 96 valence electrons. The summed E-state index contributed by atoms with van der Waals surface area (Å²) in [5, 5.41) is 21.7. The maximum absolute atomic E-state index is 13.6. The number of nitrogens with one attached hydrogen (secondary N) is 1. The lowest BCUT2D eigenvalue weighted by Crippen LogP contribution is -2.17. The van der Waals surface area contributed by atoms with Gasteiger partial charge in [0.05, 0.1) is 6.10 Å². The zero-order valence-electron chi connectivity index (χ0n) is 9.44. The molecule has 0 fully saturated rings. The van der Waals surface area contributed by atoms with Gasteiger partial charge in [0.1, 0.15) is 4.90 Å². The Hall–Kier alpha value is -1.18. The summed E-state index contributed by atoms with van der Waals surface area (Å²) in [6.45, 7) is 0.116. The molecule has 0 saturated carbocycles. The van der Waals surface area contributed by atoms with Gasteiger partial charge >= 0.3 is 0 Å². The minimum Gasteiger partial charge on any atom is -0.505 e. The molecule has 0 saturated heterocycles. The summed E-state index contributed by atoms with van der Waals surface area (Å²) in [5.41, 5.74) is -0.0516. The van der Waals surface area contributed by atoms with Crippen LogP contribution in [0.5, 0.6) is 5.75 Å². The van der Waals surface area contributed by atoms with Gasteiger partial charge in [0.15, 0.2) is 21.4 Å². The van der Waals surface area contributed by atoms with E-state index in [9.17, 15) is 23.0 Å². The highest BCUT2D eigenvalue weighted by molar-refractivity contribution is 7.90. The van der Waals surface area contributed by atoms with Crippen LogP contribution in [0.1, 0.15) is 11.7 Å². The maximum atomic E-state index is 13.6. The highest BCUT2D eigenvalue weighted by Crippen LogP contribution is 2.31. The molecular formula is C10H14FNO4S. The second-order valence-electron chi connectivity index (χ2n) is 3.66. The Morgan fingerprint density at radius 2 is 2.06 bits per heavy atom. The summed E-state index contributed by atoms with van der Waals surface area (Å²) in [4.78, 5) is -0.588. The number of aliphatic hydroxyl groups is 1. The van der Waals surface area contributed by atoms with Gasteiger partial charge in [-0.15, -0.1) is 0 Å². The molecular weight excluding hydrogens is 249 g/mol. The van der Waals surface area contributed by atoms with Crippen LogP contribution in [0.4, 0.5) is 4.39 Å². The molecule has 7 heteroatoms. The Morgan fingerprint density at radius 3 is 2.53 bits per heavy atom. The van der Waals surface area contributed by atoms with Gasteiger partial charge in [0.25, 0.3) is 0 Å². The number of benzene rings is 1. The van der Waals surface area contributed by atoms with E-state index in [4.69, 9.17) is 0 Å². The molecule has 1 aromatic rings. The SMILES string of the molecule is CNCC(O)c1ccc(S(C)(=O)=O)c(F)c1O. The van der Waals surface area contributed by atoms with Crippen LogP contribution in [0.25, 0.3) is 0 Å². The number of aliphatic hydroxyl groups excluding tert-OH is 1. The first-order valence-corrected chi connectivity index (χ1v) is 6.72. The van der Waals surface area contributed by atoms with Gasteiger partial charge < -0.3 is 15.5 Å². The van der Waals surface area contributed by atoms with E-state index in [1.807, 2.05) is 0 Å². The van der Waals surface area contributed by atoms with Gasteiger partial charge in [-0.25, -0.2) is 12.8 Å². The molecule has 17 heavy (non-hydrogen) atoms. The number of likely N-dealkylation sites (N-methyl/N-ethyl adjacent to an activating group) is 1. The van der Waals surface area contributed by atoms with E-state index >= 15 is 0 Å². The predicted molar refractivity (Wildman–Crippen MR) is 60.1 cm³/mol. The summed E-state index contributed by atoms with van der Waals surface area (Å²) in [6.07, 6.45) is -0.266. The van der Waals surface area contributed by atoms with E-state index in [2.05, 4.69) is 5.32 Å². The summed E-state index contributed by atoms with van der Waals surface area (Å²) < 4.78 is 36.0. The van der Waals surface area contributed by atoms with Crippen molar-refractivity contribution in [3.8, 4) is 5.75 Å². The number of sulfone groups is 1. The standard InChI is InChI=1S/C10H14FNO4S/c1-12-5-7(13)6-3-4-8(17(2,15)16)9(11)10(6)14/h3-4,7,12-14H,5H2,1-2H3. The van der Waals surface area contributed by atoms with Crippen molar-refractivity contribution in [1.29, 1.82) is 0 Å². The number of halogens is 1. The highest BCUT2D eigenvalue weighted by atomic mass is 32.2.